The lowest BCUT2D eigenvalue weighted by molar-refractivity contribution is -0.0182. The van der Waals surface area contributed by atoms with Crippen LogP contribution in [0.5, 0.6) is 0 Å². The number of halogens is 1. The van der Waals surface area contributed by atoms with Crippen LogP contribution >= 0.6 is 22.6 Å². The van der Waals surface area contributed by atoms with E-state index in [4.69, 9.17) is 4.74 Å². The molecule has 0 aliphatic rings. The third-order valence-electron chi connectivity index (χ3n) is 3.33. The average Bonchev–Trinajstić information content (AvgIpc) is 2.28. The predicted molar refractivity (Wildman–Crippen MR) is 95.1 cm³/mol. The maximum absolute atomic E-state index is 5.73. The lowest BCUT2D eigenvalue weighted by Gasteiger charge is -2.25. The minimum Gasteiger partial charge on any atom is -0.376 e. The van der Waals surface area contributed by atoms with Crippen LogP contribution in [0.1, 0.15) is 60.3 Å². The molecule has 112 valence electrons. The van der Waals surface area contributed by atoms with Crippen molar-refractivity contribution in [3.8, 4) is 0 Å². The molecule has 0 aliphatic heterocycles. The number of hydrogen-bond donors (Lipinski definition) is 0. The van der Waals surface area contributed by atoms with Crippen LogP contribution in [-0.2, 0) is 4.74 Å². The van der Waals surface area contributed by atoms with Crippen LogP contribution in [0.3, 0.4) is 0 Å². The molecule has 0 heterocycles. The monoisotopic (exact) mass is 378 g/mol. The molecule has 0 saturated carbocycles. The molecule has 0 aromatic heterocycles. The number of ether oxygens (including phenoxy) is 1. The molecular weight excluding hydrogens is 347 g/mol. The van der Waals surface area contributed by atoms with Gasteiger partial charge < -0.3 is 4.74 Å². The molecule has 0 saturated heterocycles. The van der Waals surface area contributed by atoms with Crippen molar-refractivity contribution in [2.75, 3.05) is 11.0 Å². The van der Waals surface area contributed by atoms with E-state index in [9.17, 15) is 0 Å². The lowest BCUT2D eigenvalue weighted by Crippen LogP contribution is -2.24. The fraction of sp³-hybridized carbons (Fsp3) is 0.765. The highest BCUT2D eigenvalue weighted by atomic mass is 127. The summed E-state index contributed by atoms with van der Waals surface area (Å²) >= 11 is 2.38. The minimum atomic E-state index is 0.0456. The molecule has 1 nitrogen and oxygen atoms in total. The zero-order valence-corrected chi connectivity index (χ0v) is 15.5. The van der Waals surface area contributed by atoms with Gasteiger partial charge >= 0.3 is 0 Å². The topological polar surface area (TPSA) is 9.23 Å². The third-order valence-corrected chi connectivity index (χ3v) is 3.77. The molecule has 0 aliphatic carbocycles. The Bertz CT molecular complexity index is 279. The lowest BCUT2D eigenvalue weighted by atomic mass is 9.95. The summed E-state index contributed by atoms with van der Waals surface area (Å²) in [7, 11) is 0. The van der Waals surface area contributed by atoms with Crippen LogP contribution in [0.4, 0.5) is 0 Å². The zero-order chi connectivity index (χ0) is 14.7. The number of allylic oxidation sites excluding steroid dienone is 4. The van der Waals surface area contributed by atoms with Gasteiger partial charge in [0, 0.05) is 11.0 Å². The molecule has 1 unspecified atom stereocenters. The van der Waals surface area contributed by atoms with Crippen molar-refractivity contribution in [2.45, 2.75) is 65.9 Å². The van der Waals surface area contributed by atoms with Gasteiger partial charge in [-0.3, -0.25) is 0 Å². The van der Waals surface area contributed by atoms with E-state index in [-0.39, 0.29) is 5.60 Å². The summed E-state index contributed by atoms with van der Waals surface area (Å²) in [6.07, 6.45) is 11.7. The fourth-order valence-electron chi connectivity index (χ4n) is 2.13. The van der Waals surface area contributed by atoms with Crippen LogP contribution in [-0.4, -0.2) is 16.6 Å². The maximum atomic E-state index is 5.73. The Labute approximate surface area is 134 Å². The second kappa shape index (κ2) is 10.9. The van der Waals surface area contributed by atoms with Gasteiger partial charge in [-0.25, -0.2) is 0 Å². The molecule has 19 heavy (non-hydrogen) atoms. The van der Waals surface area contributed by atoms with Crippen molar-refractivity contribution >= 4 is 22.6 Å². The normalized spacial score (nSPS) is 15.2. The van der Waals surface area contributed by atoms with Crippen molar-refractivity contribution in [2.24, 2.45) is 5.92 Å². The standard InChI is InChI=1S/C17H31IO/c1-6-19-17(4,5)13-8-11-15(2)9-7-10-16(3)12-14-18/h7,10,12,15H,6,8-9,11,13-14H2,1-5H3. The van der Waals surface area contributed by atoms with E-state index < -0.39 is 0 Å². The van der Waals surface area contributed by atoms with E-state index >= 15 is 0 Å². The average molecular weight is 378 g/mol. The Morgan fingerprint density at radius 3 is 2.63 bits per heavy atom. The van der Waals surface area contributed by atoms with Crippen LogP contribution < -0.4 is 0 Å². The molecule has 2 heteroatoms. The predicted octanol–water partition coefficient (Wildman–Crippen LogP) is 5.94. The van der Waals surface area contributed by atoms with Crippen molar-refractivity contribution in [3.05, 3.63) is 23.8 Å². The molecule has 0 bridgehead atoms. The zero-order valence-electron chi connectivity index (χ0n) is 13.3. The van der Waals surface area contributed by atoms with E-state index in [2.05, 4.69) is 75.4 Å². The van der Waals surface area contributed by atoms with Gasteiger partial charge in [0.25, 0.3) is 0 Å². The first-order valence-electron chi connectivity index (χ1n) is 7.44. The third kappa shape index (κ3) is 11.7. The Morgan fingerprint density at radius 1 is 1.37 bits per heavy atom. The minimum absolute atomic E-state index is 0.0456. The van der Waals surface area contributed by atoms with Gasteiger partial charge in [-0.1, -0.05) is 66.2 Å². The molecule has 0 rings (SSSR count). The first-order valence-corrected chi connectivity index (χ1v) is 8.97. The molecule has 1 atom stereocenters. The van der Waals surface area contributed by atoms with Gasteiger partial charge in [-0.15, -0.1) is 0 Å². The van der Waals surface area contributed by atoms with Crippen LogP contribution in [0.2, 0.25) is 0 Å². The second-order valence-corrected chi connectivity index (χ2v) is 6.81. The van der Waals surface area contributed by atoms with Crippen molar-refractivity contribution in [1.82, 2.24) is 0 Å². The molecule has 0 fully saturated rings. The maximum Gasteiger partial charge on any atom is 0.0626 e. The van der Waals surface area contributed by atoms with Gasteiger partial charge in [0.1, 0.15) is 0 Å². The van der Waals surface area contributed by atoms with Crippen molar-refractivity contribution in [3.63, 3.8) is 0 Å². The highest BCUT2D eigenvalue weighted by Crippen LogP contribution is 2.21. The van der Waals surface area contributed by atoms with E-state index in [0.717, 1.165) is 23.4 Å². The summed E-state index contributed by atoms with van der Waals surface area (Å²) in [5.74, 6) is 0.765. The summed E-state index contributed by atoms with van der Waals surface area (Å²) < 4.78 is 6.82. The van der Waals surface area contributed by atoms with Crippen LogP contribution in [0.25, 0.3) is 0 Å². The van der Waals surface area contributed by atoms with Crippen molar-refractivity contribution < 1.29 is 4.74 Å². The van der Waals surface area contributed by atoms with Crippen molar-refractivity contribution in [1.29, 1.82) is 0 Å². The molecule has 0 aromatic rings. The summed E-state index contributed by atoms with van der Waals surface area (Å²) in [5, 5.41) is 0. The fourth-order valence-corrected chi connectivity index (χ4v) is 2.83. The van der Waals surface area contributed by atoms with E-state index in [1.165, 1.54) is 24.8 Å². The van der Waals surface area contributed by atoms with E-state index in [1.54, 1.807) is 0 Å². The Balaban J connectivity index is 3.82. The molecular formula is C17H31IO. The van der Waals surface area contributed by atoms with Gasteiger partial charge in [-0.05, 0) is 46.5 Å². The van der Waals surface area contributed by atoms with Gasteiger partial charge in [0.15, 0.2) is 0 Å². The molecule has 0 radical (unpaired) electrons. The first-order chi connectivity index (χ1) is 8.91. The summed E-state index contributed by atoms with van der Waals surface area (Å²) in [4.78, 5) is 0. The molecule has 0 aromatic carbocycles. The smallest absolute Gasteiger partial charge is 0.0626 e. The van der Waals surface area contributed by atoms with Gasteiger partial charge in [-0.2, -0.15) is 0 Å². The molecule has 0 spiro atoms. The second-order valence-electron chi connectivity index (χ2n) is 5.93. The highest BCUT2D eigenvalue weighted by molar-refractivity contribution is 14.1. The Morgan fingerprint density at radius 2 is 2.05 bits per heavy atom. The van der Waals surface area contributed by atoms with E-state index in [0.29, 0.717) is 0 Å². The van der Waals surface area contributed by atoms with Gasteiger partial charge in [0.05, 0.1) is 5.60 Å². The Hall–Kier alpha value is 0.170. The molecule has 0 amide bonds. The summed E-state index contributed by atoms with van der Waals surface area (Å²) in [5.41, 5.74) is 1.42. The largest absolute Gasteiger partial charge is 0.376 e. The quantitative estimate of drug-likeness (QED) is 0.260. The van der Waals surface area contributed by atoms with E-state index in [1.807, 2.05) is 0 Å². The van der Waals surface area contributed by atoms with Crippen LogP contribution in [0.15, 0.2) is 23.8 Å². The Kier molecular flexibility index (Phi) is 11.0. The van der Waals surface area contributed by atoms with Crippen LogP contribution in [0, 0.1) is 5.92 Å². The highest BCUT2D eigenvalue weighted by Gasteiger charge is 2.17. The summed E-state index contributed by atoms with van der Waals surface area (Å²) in [6.45, 7) is 11.8. The summed E-state index contributed by atoms with van der Waals surface area (Å²) in [6, 6.07) is 0. The SMILES string of the molecule is CCOC(C)(C)CCCC(C)CC=CC(C)=CCI. The number of rotatable bonds is 10. The van der Waals surface area contributed by atoms with Gasteiger partial charge in [0.2, 0.25) is 0 Å². The molecule has 0 N–H and O–H groups in total. The number of alkyl halides is 1. The number of hydrogen-bond acceptors (Lipinski definition) is 1. The first kappa shape index (κ1) is 19.2.